The number of amides is 1. The molecule has 0 spiro atoms. The molecule has 1 heterocycles. The van der Waals surface area contributed by atoms with Crippen LogP contribution in [0.15, 0.2) is 24.3 Å². The Morgan fingerprint density at radius 3 is 2.76 bits per heavy atom. The summed E-state index contributed by atoms with van der Waals surface area (Å²) >= 11 is 0. The number of carbonyl (C=O) groups excluding carboxylic acids is 1. The maximum atomic E-state index is 12.7. The highest BCUT2D eigenvalue weighted by atomic mass is 16.5. The van der Waals surface area contributed by atoms with Crippen LogP contribution < -0.4 is 0 Å². The van der Waals surface area contributed by atoms with E-state index < -0.39 is 12.1 Å². The van der Waals surface area contributed by atoms with E-state index in [1.54, 1.807) is 0 Å². The third kappa shape index (κ3) is 3.24. The maximum absolute atomic E-state index is 12.7. The number of carboxylic acid groups (broad SMARTS) is 1. The van der Waals surface area contributed by atoms with E-state index in [0.29, 0.717) is 19.1 Å². The minimum absolute atomic E-state index is 0.226. The van der Waals surface area contributed by atoms with Crippen LogP contribution in [0.4, 0.5) is 0 Å². The van der Waals surface area contributed by atoms with Crippen molar-refractivity contribution in [2.24, 2.45) is 5.92 Å². The fourth-order valence-electron chi connectivity index (χ4n) is 2.77. The zero-order chi connectivity index (χ0) is 14.8. The largest absolute Gasteiger partial charge is 0.480 e. The summed E-state index contributed by atoms with van der Waals surface area (Å²) in [6.07, 6.45) is 2.28. The standard InChI is InChI=1S/C16H19NO4/c18-14(19)10-17(9-11-5-6-11)16(20)15-13-4-2-1-3-12(13)7-8-21-15/h1-4,11,15H,5-10H2,(H,18,19). The summed E-state index contributed by atoms with van der Waals surface area (Å²) in [6, 6.07) is 7.73. The van der Waals surface area contributed by atoms with Crippen LogP contribution in [-0.4, -0.2) is 41.6 Å². The van der Waals surface area contributed by atoms with Crippen molar-refractivity contribution in [1.82, 2.24) is 4.90 Å². The van der Waals surface area contributed by atoms with Gasteiger partial charge in [0, 0.05) is 6.54 Å². The molecule has 5 heteroatoms. The number of ether oxygens (including phenoxy) is 1. The lowest BCUT2D eigenvalue weighted by atomic mass is 9.97. The molecule has 0 bridgehead atoms. The number of aliphatic carboxylic acids is 1. The van der Waals surface area contributed by atoms with Crippen LogP contribution in [-0.2, 0) is 20.7 Å². The van der Waals surface area contributed by atoms with E-state index in [2.05, 4.69) is 0 Å². The van der Waals surface area contributed by atoms with Crippen molar-refractivity contribution in [3.05, 3.63) is 35.4 Å². The molecule has 1 saturated carbocycles. The van der Waals surface area contributed by atoms with Crippen LogP contribution in [0.1, 0.15) is 30.1 Å². The maximum Gasteiger partial charge on any atom is 0.323 e. The van der Waals surface area contributed by atoms with Crippen LogP contribution in [0.3, 0.4) is 0 Å². The van der Waals surface area contributed by atoms with Gasteiger partial charge in [0.2, 0.25) is 0 Å². The quantitative estimate of drug-likeness (QED) is 0.894. The second-order valence-electron chi connectivity index (χ2n) is 5.76. The molecular formula is C16H19NO4. The Morgan fingerprint density at radius 1 is 1.29 bits per heavy atom. The number of fused-ring (bicyclic) bond motifs is 1. The monoisotopic (exact) mass is 289 g/mol. The van der Waals surface area contributed by atoms with Gasteiger partial charge in [-0.3, -0.25) is 9.59 Å². The first-order valence-electron chi connectivity index (χ1n) is 7.35. The highest BCUT2D eigenvalue weighted by molar-refractivity contribution is 5.86. The average Bonchev–Trinajstić information content (AvgIpc) is 3.29. The molecule has 112 valence electrons. The molecule has 1 amide bonds. The SMILES string of the molecule is O=C(O)CN(CC1CC1)C(=O)C1OCCc2ccccc21. The van der Waals surface area contributed by atoms with Gasteiger partial charge in [-0.25, -0.2) is 0 Å². The smallest absolute Gasteiger partial charge is 0.323 e. The van der Waals surface area contributed by atoms with E-state index in [-0.39, 0.29) is 12.5 Å². The molecule has 1 aromatic rings. The van der Waals surface area contributed by atoms with Gasteiger partial charge in [0.05, 0.1) is 6.61 Å². The van der Waals surface area contributed by atoms with E-state index in [0.717, 1.165) is 30.4 Å². The Balaban J connectivity index is 1.80. The van der Waals surface area contributed by atoms with Gasteiger partial charge in [0.15, 0.2) is 6.10 Å². The van der Waals surface area contributed by atoms with Crippen LogP contribution in [0.5, 0.6) is 0 Å². The fraction of sp³-hybridized carbons (Fsp3) is 0.500. The van der Waals surface area contributed by atoms with Gasteiger partial charge < -0.3 is 14.7 Å². The molecule has 0 saturated heterocycles. The summed E-state index contributed by atoms with van der Waals surface area (Å²) in [5.74, 6) is -0.753. The molecule has 3 rings (SSSR count). The van der Waals surface area contributed by atoms with Gasteiger partial charge in [-0.2, -0.15) is 0 Å². The Morgan fingerprint density at radius 2 is 2.05 bits per heavy atom. The lowest BCUT2D eigenvalue weighted by Gasteiger charge is -2.30. The summed E-state index contributed by atoms with van der Waals surface area (Å²) in [6.45, 7) is 0.766. The minimum Gasteiger partial charge on any atom is -0.480 e. The number of hydrogen-bond acceptors (Lipinski definition) is 3. The van der Waals surface area contributed by atoms with Gasteiger partial charge in [-0.1, -0.05) is 24.3 Å². The third-order valence-corrected chi connectivity index (χ3v) is 4.03. The van der Waals surface area contributed by atoms with Gasteiger partial charge in [0.25, 0.3) is 5.91 Å². The molecule has 1 aliphatic heterocycles. The van der Waals surface area contributed by atoms with Crippen molar-refractivity contribution in [2.45, 2.75) is 25.4 Å². The summed E-state index contributed by atoms with van der Waals surface area (Å²) < 4.78 is 5.65. The second-order valence-corrected chi connectivity index (χ2v) is 5.76. The Hall–Kier alpha value is -1.88. The van der Waals surface area contributed by atoms with Crippen LogP contribution in [0, 0.1) is 5.92 Å². The number of rotatable bonds is 5. The number of benzene rings is 1. The molecule has 1 N–H and O–H groups in total. The molecule has 2 aliphatic rings. The molecule has 1 unspecified atom stereocenters. The first-order valence-corrected chi connectivity index (χ1v) is 7.35. The van der Waals surface area contributed by atoms with Crippen molar-refractivity contribution in [1.29, 1.82) is 0 Å². The van der Waals surface area contributed by atoms with E-state index in [1.807, 2.05) is 24.3 Å². The van der Waals surface area contributed by atoms with E-state index in [9.17, 15) is 9.59 Å². The molecule has 1 fully saturated rings. The predicted molar refractivity (Wildman–Crippen MR) is 75.8 cm³/mol. The van der Waals surface area contributed by atoms with Gasteiger partial charge in [0.1, 0.15) is 6.54 Å². The average molecular weight is 289 g/mol. The molecule has 5 nitrogen and oxygen atoms in total. The predicted octanol–water partition coefficient (Wildman–Crippen LogP) is 1.62. The first-order chi connectivity index (χ1) is 10.1. The van der Waals surface area contributed by atoms with Gasteiger partial charge in [-0.05, 0) is 36.3 Å². The van der Waals surface area contributed by atoms with E-state index >= 15 is 0 Å². The second kappa shape index (κ2) is 5.85. The molecule has 0 aromatic heterocycles. The van der Waals surface area contributed by atoms with Crippen LogP contribution in [0.2, 0.25) is 0 Å². The van der Waals surface area contributed by atoms with Crippen molar-refractivity contribution in [3.8, 4) is 0 Å². The Labute approximate surface area is 123 Å². The lowest BCUT2D eigenvalue weighted by molar-refractivity contribution is -0.152. The number of carboxylic acids is 1. The Kier molecular flexibility index (Phi) is 3.92. The molecule has 0 radical (unpaired) electrons. The summed E-state index contributed by atoms with van der Waals surface area (Å²) in [4.78, 5) is 25.1. The topological polar surface area (TPSA) is 66.8 Å². The summed E-state index contributed by atoms with van der Waals surface area (Å²) in [5, 5.41) is 9.03. The zero-order valence-electron chi connectivity index (χ0n) is 11.8. The normalized spacial score (nSPS) is 20.7. The summed E-state index contributed by atoms with van der Waals surface area (Å²) in [7, 11) is 0. The van der Waals surface area contributed by atoms with Crippen molar-refractivity contribution < 1.29 is 19.4 Å². The van der Waals surface area contributed by atoms with Crippen molar-refractivity contribution in [3.63, 3.8) is 0 Å². The number of nitrogens with zero attached hydrogens (tertiary/aromatic N) is 1. The lowest BCUT2D eigenvalue weighted by Crippen LogP contribution is -2.42. The summed E-state index contributed by atoms with van der Waals surface area (Å²) in [5.41, 5.74) is 1.99. The van der Waals surface area contributed by atoms with Crippen LogP contribution >= 0.6 is 0 Å². The highest BCUT2D eigenvalue weighted by Crippen LogP contribution is 2.32. The minimum atomic E-state index is -0.979. The zero-order valence-corrected chi connectivity index (χ0v) is 11.8. The van der Waals surface area contributed by atoms with Gasteiger partial charge >= 0.3 is 5.97 Å². The van der Waals surface area contributed by atoms with Gasteiger partial charge in [-0.15, -0.1) is 0 Å². The fourth-order valence-corrected chi connectivity index (χ4v) is 2.77. The highest BCUT2D eigenvalue weighted by Gasteiger charge is 2.34. The Bertz CT molecular complexity index is 553. The first kappa shape index (κ1) is 14.1. The molecular weight excluding hydrogens is 270 g/mol. The molecule has 1 aromatic carbocycles. The molecule has 1 aliphatic carbocycles. The van der Waals surface area contributed by atoms with Crippen molar-refractivity contribution >= 4 is 11.9 Å². The third-order valence-electron chi connectivity index (χ3n) is 4.03. The van der Waals surface area contributed by atoms with E-state index in [1.165, 1.54) is 4.90 Å². The van der Waals surface area contributed by atoms with Crippen LogP contribution in [0.25, 0.3) is 0 Å². The van der Waals surface area contributed by atoms with Crippen molar-refractivity contribution in [2.75, 3.05) is 19.7 Å². The van der Waals surface area contributed by atoms with E-state index in [4.69, 9.17) is 9.84 Å². The number of hydrogen-bond donors (Lipinski definition) is 1. The number of carbonyl (C=O) groups is 2. The molecule has 21 heavy (non-hydrogen) atoms. The molecule has 1 atom stereocenters.